The van der Waals surface area contributed by atoms with Gasteiger partial charge in [-0.25, -0.2) is 9.78 Å². The van der Waals surface area contributed by atoms with Crippen molar-refractivity contribution in [2.24, 2.45) is 5.92 Å². The fourth-order valence-electron chi connectivity index (χ4n) is 3.92. The highest BCUT2D eigenvalue weighted by Gasteiger charge is 2.29. The topological polar surface area (TPSA) is 53.4 Å². The average Bonchev–Trinajstić information content (AvgIpc) is 2.93. The largest absolute Gasteiger partial charge is 0.478 e. The maximum absolute atomic E-state index is 11.6. The van der Waals surface area contributed by atoms with Crippen molar-refractivity contribution in [3.63, 3.8) is 0 Å². The first-order valence-corrected chi connectivity index (χ1v) is 8.07. The Balaban J connectivity index is 1.98. The molecule has 1 fully saturated rings. The Morgan fingerprint density at radius 3 is 2.76 bits per heavy atom. The minimum absolute atomic E-state index is 0.371. The van der Waals surface area contributed by atoms with E-state index in [1.807, 2.05) is 13.1 Å². The Hall–Kier alpha value is -1.58. The molecule has 1 N–H and O–H groups in total. The molecule has 0 spiro atoms. The summed E-state index contributed by atoms with van der Waals surface area (Å²) >= 11 is 0. The molecule has 0 aliphatic heterocycles. The van der Waals surface area contributed by atoms with Gasteiger partial charge in [-0.2, -0.15) is 0 Å². The fraction of sp³-hybridized carbons (Fsp3) is 0.647. The summed E-state index contributed by atoms with van der Waals surface area (Å²) in [5, 5.41) is 9.54. The third-order valence-corrected chi connectivity index (χ3v) is 5.16. The summed E-state index contributed by atoms with van der Waals surface area (Å²) in [5.41, 5.74) is 2.60. The van der Waals surface area contributed by atoms with Crippen LogP contribution in [0.3, 0.4) is 0 Å². The highest BCUT2D eigenvalue weighted by Crippen LogP contribution is 2.33. The SMILES string of the molecule is CC1CCCCC1N(C)c1nc2c(cc1C(=O)O)CCC2. The predicted molar refractivity (Wildman–Crippen MR) is 83.0 cm³/mol. The van der Waals surface area contributed by atoms with Crippen LogP contribution >= 0.6 is 0 Å². The van der Waals surface area contributed by atoms with Gasteiger partial charge in [0.05, 0.1) is 0 Å². The number of anilines is 1. The molecular weight excluding hydrogens is 264 g/mol. The quantitative estimate of drug-likeness (QED) is 0.927. The van der Waals surface area contributed by atoms with Gasteiger partial charge < -0.3 is 10.0 Å². The molecule has 2 atom stereocenters. The van der Waals surface area contributed by atoms with Crippen LogP contribution in [0.4, 0.5) is 5.82 Å². The van der Waals surface area contributed by atoms with Crippen LogP contribution in [0.2, 0.25) is 0 Å². The normalized spacial score (nSPS) is 24.7. The van der Waals surface area contributed by atoms with Gasteiger partial charge in [0.1, 0.15) is 11.4 Å². The highest BCUT2D eigenvalue weighted by molar-refractivity contribution is 5.93. The summed E-state index contributed by atoms with van der Waals surface area (Å²) in [4.78, 5) is 18.5. The van der Waals surface area contributed by atoms with Crippen LogP contribution in [0.5, 0.6) is 0 Å². The maximum Gasteiger partial charge on any atom is 0.339 e. The average molecular weight is 288 g/mol. The second kappa shape index (κ2) is 5.66. The van der Waals surface area contributed by atoms with Gasteiger partial charge in [-0.05, 0) is 49.7 Å². The minimum Gasteiger partial charge on any atom is -0.478 e. The van der Waals surface area contributed by atoms with Gasteiger partial charge in [0, 0.05) is 18.8 Å². The van der Waals surface area contributed by atoms with E-state index in [1.165, 1.54) is 19.3 Å². The van der Waals surface area contributed by atoms with E-state index in [2.05, 4.69) is 11.8 Å². The molecule has 21 heavy (non-hydrogen) atoms. The van der Waals surface area contributed by atoms with E-state index in [4.69, 9.17) is 4.98 Å². The molecule has 1 aromatic heterocycles. The molecule has 0 bridgehead atoms. The lowest BCUT2D eigenvalue weighted by molar-refractivity contribution is 0.0696. The molecule has 2 aliphatic rings. The van der Waals surface area contributed by atoms with Crippen LogP contribution < -0.4 is 4.90 Å². The molecule has 1 aromatic rings. The summed E-state index contributed by atoms with van der Waals surface area (Å²) in [6.45, 7) is 2.27. The number of fused-ring (bicyclic) bond motifs is 1. The minimum atomic E-state index is -0.859. The van der Waals surface area contributed by atoms with Crippen molar-refractivity contribution >= 4 is 11.8 Å². The lowest BCUT2D eigenvalue weighted by Crippen LogP contribution is -2.40. The standard InChI is InChI=1S/C17H24N2O2/c1-11-6-3-4-9-15(11)19(2)16-13(17(20)21)10-12-7-5-8-14(12)18-16/h10-11,15H,3-9H2,1-2H3,(H,20,21). The van der Waals surface area contributed by atoms with Gasteiger partial charge in [-0.3, -0.25) is 0 Å². The first kappa shape index (κ1) is 14.4. The molecule has 114 valence electrons. The molecule has 4 heteroatoms. The Kier molecular flexibility index (Phi) is 3.87. The molecule has 1 heterocycles. The van der Waals surface area contributed by atoms with Gasteiger partial charge in [-0.1, -0.05) is 19.8 Å². The van der Waals surface area contributed by atoms with Crippen LogP contribution in [0.25, 0.3) is 0 Å². The summed E-state index contributed by atoms with van der Waals surface area (Å²) < 4.78 is 0. The summed E-state index contributed by atoms with van der Waals surface area (Å²) in [7, 11) is 2.02. The maximum atomic E-state index is 11.6. The molecular formula is C17H24N2O2. The lowest BCUT2D eigenvalue weighted by Gasteiger charge is -2.37. The van der Waals surface area contributed by atoms with Crippen molar-refractivity contribution in [2.75, 3.05) is 11.9 Å². The molecule has 0 amide bonds. The third kappa shape index (κ3) is 2.63. The molecule has 2 unspecified atom stereocenters. The lowest BCUT2D eigenvalue weighted by atomic mass is 9.85. The molecule has 0 radical (unpaired) electrons. The van der Waals surface area contributed by atoms with Crippen LogP contribution in [0.1, 0.15) is 60.6 Å². The van der Waals surface area contributed by atoms with Gasteiger partial charge in [-0.15, -0.1) is 0 Å². The number of pyridine rings is 1. The van der Waals surface area contributed by atoms with E-state index in [9.17, 15) is 9.90 Å². The molecule has 0 saturated heterocycles. The Bertz CT molecular complexity index is 556. The number of carbonyl (C=O) groups is 1. The second-order valence-electron chi connectivity index (χ2n) is 6.56. The first-order valence-electron chi connectivity index (χ1n) is 8.07. The number of aromatic nitrogens is 1. The van der Waals surface area contributed by atoms with E-state index in [0.29, 0.717) is 23.3 Å². The van der Waals surface area contributed by atoms with E-state index >= 15 is 0 Å². The van der Waals surface area contributed by atoms with Crippen molar-refractivity contribution in [1.82, 2.24) is 4.98 Å². The second-order valence-corrected chi connectivity index (χ2v) is 6.56. The molecule has 0 aromatic carbocycles. The van der Waals surface area contributed by atoms with E-state index in [1.54, 1.807) is 0 Å². The zero-order valence-electron chi connectivity index (χ0n) is 12.9. The number of hydrogen-bond acceptors (Lipinski definition) is 3. The van der Waals surface area contributed by atoms with Crippen molar-refractivity contribution in [2.45, 2.75) is 57.9 Å². The molecule has 2 aliphatic carbocycles. The van der Waals surface area contributed by atoms with Crippen molar-refractivity contribution < 1.29 is 9.90 Å². The first-order chi connectivity index (χ1) is 10.1. The van der Waals surface area contributed by atoms with Gasteiger partial charge in [0.2, 0.25) is 0 Å². The predicted octanol–water partition coefficient (Wildman–Crippen LogP) is 3.28. The van der Waals surface area contributed by atoms with Gasteiger partial charge in [0.15, 0.2) is 0 Å². The number of hydrogen-bond donors (Lipinski definition) is 1. The number of nitrogens with zero attached hydrogens (tertiary/aromatic N) is 2. The van der Waals surface area contributed by atoms with E-state index < -0.39 is 5.97 Å². The zero-order valence-corrected chi connectivity index (χ0v) is 12.9. The number of rotatable bonds is 3. The third-order valence-electron chi connectivity index (χ3n) is 5.16. The van der Waals surface area contributed by atoms with Crippen LogP contribution in [-0.2, 0) is 12.8 Å². The van der Waals surface area contributed by atoms with Crippen LogP contribution in [0, 0.1) is 5.92 Å². The summed E-state index contributed by atoms with van der Waals surface area (Å²) in [6, 6.07) is 2.26. The number of aryl methyl sites for hydroxylation is 2. The van der Waals surface area contributed by atoms with E-state index in [0.717, 1.165) is 36.9 Å². The molecule has 4 nitrogen and oxygen atoms in total. The summed E-state index contributed by atoms with van der Waals surface area (Å²) in [6.07, 6.45) is 7.91. The number of aromatic carboxylic acids is 1. The number of carboxylic acids is 1. The van der Waals surface area contributed by atoms with Crippen LogP contribution in [0.15, 0.2) is 6.07 Å². The van der Waals surface area contributed by atoms with Crippen molar-refractivity contribution in [1.29, 1.82) is 0 Å². The molecule has 3 rings (SSSR count). The smallest absolute Gasteiger partial charge is 0.339 e. The van der Waals surface area contributed by atoms with Gasteiger partial charge >= 0.3 is 5.97 Å². The Morgan fingerprint density at radius 2 is 2.05 bits per heavy atom. The van der Waals surface area contributed by atoms with E-state index in [-0.39, 0.29) is 0 Å². The Morgan fingerprint density at radius 1 is 1.29 bits per heavy atom. The number of carboxylic acid groups (broad SMARTS) is 1. The summed E-state index contributed by atoms with van der Waals surface area (Å²) in [5.74, 6) is 0.407. The van der Waals surface area contributed by atoms with Crippen LogP contribution in [-0.4, -0.2) is 29.1 Å². The highest BCUT2D eigenvalue weighted by atomic mass is 16.4. The van der Waals surface area contributed by atoms with Gasteiger partial charge in [0.25, 0.3) is 0 Å². The zero-order chi connectivity index (χ0) is 15.0. The monoisotopic (exact) mass is 288 g/mol. The van der Waals surface area contributed by atoms with Crippen molar-refractivity contribution in [3.8, 4) is 0 Å². The van der Waals surface area contributed by atoms with Crippen molar-refractivity contribution in [3.05, 3.63) is 22.9 Å². The Labute approximate surface area is 126 Å². The fourth-order valence-corrected chi connectivity index (χ4v) is 3.92. The molecule has 1 saturated carbocycles.